The molecule has 0 fully saturated rings. The Balaban J connectivity index is 1.60. The molecule has 0 saturated carbocycles. The van der Waals surface area contributed by atoms with Gasteiger partial charge in [-0.05, 0) is 66.7 Å². The van der Waals surface area contributed by atoms with Crippen molar-refractivity contribution in [3.63, 3.8) is 0 Å². The molecule has 152 valence electrons. The van der Waals surface area contributed by atoms with E-state index >= 15 is 0 Å². The van der Waals surface area contributed by atoms with Crippen LogP contribution in [0.15, 0.2) is 86.3 Å². The molecule has 0 N–H and O–H groups in total. The summed E-state index contributed by atoms with van der Waals surface area (Å²) in [6.45, 7) is 0.587. The monoisotopic (exact) mass is 503 g/mol. The van der Waals surface area contributed by atoms with E-state index in [1.54, 1.807) is 47.6 Å². The van der Waals surface area contributed by atoms with Crippen LogP contribution in [-0.2, 0) is 13.1 Å². The van der Waals surface area contributed by atoms with Gasteiger partial charge in [0, 0.05) is 20.6 Å². The minimum atomic E-state index is -0.127. The molecule has 1 amide bonds. The van der Waals surface area contributed by atoms with Crippen molar-refractivity contribution in [2.75, 3.05) is 0 Å². The second-order valence-corrected chi connectivity index (χ2v) is 8.40. The van der Waals surface area contributed by atoms with Crippen LogP contribution in [0.1, 0.15) is 21.9 Å². The van der Waals surface area contributed by atoms with Crippen LogP contribution in [0, 0.1) is 0 Å². The minimum Gasteiger partial charge on any atom is -0.467 e. The number of carbonyl (C=O) groups is 1. The van der Waals surface area contributed by atoms with Gasteiger partial charge >= 0.3 is 0 Å². The topological polar surface area (TPSA) is 46.6 Å². The van der Waals surface area contributed by atoms with Crippen molar-refractivity contribution in [2.45, 2.75) is 13.1 Å². The quantitative estimate of drug-likeness (QED) is 0.274. The van der Waals surface area contributed by atoms with Crippen LogP contribution in [0.2, 0.25) is 10.0 Å². The molecule has 0 saturated heterocycles. The van der Waals surface area contributed by atoms with Crippen molar-refractivity contribution in [3.8, 4) is 11.3 Å². The molecule has 0 atom stereocenters. The maximum absolute atomic E-state index is 13.2. The first-order chi connectivity index (χ1) is 14.5. The Kier molecular flexibility index (Phi) is 6.32. The number of hydrogen-bond donors (Lipinski definition) is 0. The maximum Gasteiger partial charge on any atom is 0.254 e. The number of amides is 1. The molecule has 0 unspecified atom stereocenters. The highest BCUT2D eigenvalue weighted by molar-refractivity contribution is 9.10. The van der Waals surface area contributed by atoms with Gasteiger partial charge in [-0.3, -0.25) is 4.79 Å². The number of nitrogens with zero attached hydrogens (tertiary/aromatic N) is 1. The molecule has 4 rings (SSSR count). The molecule has 7 heteroatoms. The highest BCUT2D eigenvalue weighted by atomic mass is 79.9. The fourth-order valence-corrected chi connectivity index (χ4v) is 3.69. The first kappa shape index (κ1) is 20.8. The fourth-order valence-electron chi connectivity index (χ4n) is 3.05. The van der Waals surface area contributed by atoms with Gasteiger partial charge < -0.3 is 13.7 Å². The molecule has 0 spiro atoms. The van der Waals surface area contributed by atoms with Gasteiger partial charge in [0.05, 0.1) is 24.4 Å². The van der Waals surface area contributed by atoms with Crippen LogP contribution in [0.25, 0.3) is 11.3 Å². The molecule has 2 heterocycles. The van der Waals surface area contributed by atoms with Crippen LogP contribution < -0.4 is 0 Å². The molecule has 0 aliphatic heterocycles. The molecule has 0 radical (unpaired) electrons. The van der Waals surface area contributed by atoms with E-state index in [0.29, 0.717) is 45.0 Å². The third-order valence-electron chi connectivity index (χ3n) is 4.51. The second kappa shape index (κ2) is 9.13. The normalized spacial score (nSPS) is 10.9. The number of benzene rings is 2. The fraction of sp³-hybridized carbons (Fsp3) is 0.0870. The zero-order valence-electron chi connectivity index (χ0n) is 15.6. The van der Waals surface area contributed by atoms with E-state index in [1.165, 1.54) is 0 Å². The Morgan fingerprint density at radius 1 is 0.933 bits per heavy atom. The lowest BCUT2D eigenvalue weighted by atomic mass is 10.2. The van der Waals surface area contributed by atoms with Gasteiger partial charge in [0.25, 0.3) is 5.91 Å². The molecule has 2 aromatic heterocycles. The lowest BCUT2D eigenvalue weighted by Gasteiger charge is -2.21. The SMILES string of the molecule is O=C(c1ccc(Br)cc1)N(Cc1ccco1)Cc1ccc(-c2cc(Cl)ccc2Cl)o1. The predicted octanol–water partition coefficient (Wildman–Crippen LogP) is 7.45. The average Bonchev–Trinajstić information content (AvgIpc) is 3.42. The Labute approximate surface area is 192 Å². The summed E-state index contributed by atoms with van der Waals surface area (Å²) in [5.41, 5.74) is 1.28. The molecule has 4 aromatic rings. The highest BCUT2D eigenvalue weighted by Gasteiger charge is 2.20. The van der Waals surface area contributed by atoms with Crippen molar-refractivity contribution < 1.29 is 13.6 Å². The Morgan fingerprint density at radius 3 is 2.43 bits per heavy atom. The molecule has 0 bridgehead atoms. The zero-order valence-corrected chi connectivity index (χ0v) is 18.7. The minimum absolute atomic E-state index is 0.127. The molecular formula is C23H16BrCl2NO3. The number of furan rings is 2. The van der Waals surface area contributed by atoms with Crippen LogP contribution in [-0.4, -0.2) is 10.8 Å². The predicted molar refractivity (Wildman–Crippen MR) is 121 cm³/mol. The smallest absolute Gasteiger partial charge is 0.254 e. The van der Waals surface area contributed by atoms with E-state index < -0.39 is 0 Å². The lowest BCUT2D eigenvalue weighted by molar-refractivity contribution is 0.0705. The highest BCUT2D eigenvalue weighted by Crippen LogP contribution is 2.32. The van der Waals surface area contributed by atoms with Crippen LogP contribution in [0.3, 0.4) is 0 Å². The number of halogens is 3. The zero-order chi connectivity index (χ0) is 21.1. The second-order valence-electron chi connectivity index (χ2n) is 6.64. The van der Waals surface area contributed by atoms with E-state index in [9.17, 15) is 4.79 Å². The summed E-state index contributed by atoms with van der Waals surface area (Å²) in [5, 5.41) is 1.11. The molecule has 30 heavy (non-hydrogen) atoms. The van der Waals surface area contributed by atoms with Crippen LogP contribution in [0.4, 0.5) is 0 Å². The van der Waals surface area contributed by atoms with Crippen molar-refractivity contribution in [2.24, 2.45) is 0 Å². The van der Waals surface area contributed by atoms with Gasteiger partial charge in [-0.2, -0.15) is 0 Å². The Bertz CT molecular complexity index is 1150. The summed E-state index contributed by atoms with van der Waals surface area (Å²) in [6.07, 6.45) is 1.59. The first-order valence-electron chi connectivity index (χ1n) is 9.11. The van der Waals surface area contributed by atoms with Gasteiger partial charge in [-0.15, -0.1) is 0 Å². The average molecular weight is 505 g/mol. The summed E-state index contributed by atoms with van der Waals surface area (Å²) in [5.74, 6) is 1.77. The number of carbonyl (C=O) groups excluding carboxylic acids is 1. The first-order valence-corrected chi connectivity index (χ1v) is 10.7. The number of hydrogen-bond acceptors (Lipinski definition) is 3. The molecule has 0 aliphatic rings. The van der Waals surface area contributed by atoms with E-state index in [2.05, 4.69) is 15.9 Å². The van der Waals surface area contributed by atoms with Gasteiger partial charge in [0.1, 0.15) is 17.3 Å². The molecular weight excluding hydrogens is 489 g/mol. The summed E-state index contributed by atoms with van der Waals surface area (Å²) < 4.78 is 12.3. The third-order valence-corrected chi connectivity index (χ3v) is 5.60. The van der Waals surface area contributed by atoms with Crippen molar-refractivity contribution in [1.29, 1.82) is 0 Å². The summed E-state index contributed by atoms with van der Waals surface area (Å²) in [4.78, 5) is 14.8. The Hall–Kier alpha value is -2.47. The van der Waals surface area contributed by atoms with Gasteiger partial charge in [-0.25, -0.2) is 0 Å². The maximum atomic E-state index is 13.2. The van der Waals surface area contributed by atoms with E-state index in [4.69, 9.17) is 32.0 Å². The molecule has 4 nitrogen and oxygen atoms in total. The standard InChI is InChI=1S/C23H16BrCl2NO3/c24-16-5-3-15(4-6-16)23(28)27(13-18-2-1-11-29-18)14-19-8-10-22(30-19)20-12-17(25)7-9-21(20)26/h1-12H,13-14H2. The van der Waals surface area contributed by atoms with Crippen molar-refractivity contribution in [1.82, 2.24) is 4.90 Å². The van der Waals surface area contributed by atoms with Crippen LogP contribution in [0.5, 0.6) is 0 Å². The van der Waals surface area contributed by atoms with Crippen molar-refractivity contribution >= 4 is 45.0 Å². The van der Waals surface area contributed by atoms with E-state index in [1.807, 2.05) is 30.3 Å². The Morgan fingerprint density at radius 2 is 1.70 bits per heavy atom. The van der Waals surface area contributed by atoms with Crippen LogP contribution >= 0.6 is 39.1 Å². The molecule has 0 aliphatic carbocycles. The summed E-state index contributed by atoms with van der Waals surface area (Å²) >= 11 is 15.8. The summed E-state index contributed by atoms with van der Waals surface area (Å²) in [6, 6.07) is 19.7. The van der Waals surface area contributed by atoms with Gasteiger partial charge in [0.15, 0.2) is 0 Å². The van der Waals surface area contributed by atoms with E-state index in [0.717, 1.165) is 4.47 Å². The largest absolute Gasteiger partial charge is 0.467 e. The molecule has 2 aromatic carbocycles. The van der Waals surface area contributed by atoms with Crippen molar-refractivity contribution in [3.05, 3.63) is 105 Å². The number of rotatable bonds is 6. The van der Waals surface area contributed by atoms with Gasteiger partial charge in [0.2, 0.25) is 0 Å². The summed E-state index contributed by atoms with van der Waals surface area (Å²) in [7, 11) is 0. The van der Waals surface area contributed by atoms with E-state index in [-0.39, 0.29) is 12.5 Å². The lowest BCUT2D eigenvalue weighted by Crippen LogP contribution is -2.29. The third kappa shape index (κ3) is 4.81. The van der Waals surface area contributed by atoms with Gasteiger partial charge in [-0.1, -0.05) is 39.1 Å².